The van der Waals surface area contributed by atoms with Crippen molar-refractivity contribution in [3.63, 3.8) is 0 Å². The highest BCUT2D eigenvalue weighted by molar-refractivity contribution is 7.20. The maximum absolute atomic E-state index is 6.22. The molecule has 1 saturated carbocycles. The summed E-state index contributed by atoms with van der Waals surface area (Å²) in [4.78, 5) is 0. The highest BCUT2D eigenvalue weighted by atomic mass is 35.5. The first-order valence-electron chi connectivity index (χ1n) is 7.30. The molecule has 0 spiro atoms. The molecule has 0 aliphatic heterocycles. The van der Waals surface area contributed by atoms with E-state index in [1.165, 1.54) is 55.4 Å². The van der Waals surface area contributed by atoms with Crippen LogP contribution in [-0.4, -0.2) is 13.1 Å². The molecular weight excluding hydrogens is 297 g/mol. The summed E-state index contributed by atoms with van der Waals surface area (Å²) in [5.74, 6) is 0. The monoisotopic (exact) mass is 319 g/mol. The minimum absolute atomic E-state index is 0.542. The van der Waals surface area contributed by atoms with E-state index in [2.05, 4.69) is 12.2 Å². The molecule has 19 heavy (non-hydrogen) atoms. The summed E-state index contributed by atoms with van der Waals surface area (Å²) in [6.07, 6.45) is 9.19. The maximum Gasteiger partial charge on any atom is 0.0976 e. The van der Waals surface area contributed by atoms with Gasteiger partial charge in [-0.25, -0.2) is 0 Å². The lowest BCUT2D eigenvalue weighted by Gasteiger charge is -2.29. The molecular formula is C15H23Cl2NS. The van der Waals surface area contributed by atoms with E-state index in [-0.39, 0.29) is 0 Å². The predicted molar refractivity (Wildman–Crippen MR) is 86.7 cm³/mol. The van der Waals surface area contributed by atoms with Gasteiger partial charge >= 0.3 is 0 Å². The summed E-state index contributed by atoms with van der Waals surface area (Å²) in [5.41, 5.74) is 1.78. The number of thiophene rings is 1. The van der Waals surface area contributed by atoms with Crippen LogP contribution in [0.2, 0.25) is 8.67 Å². The van der Waals surface area contributed by atoms with E-state index in [4.69, 9.17) is 23.2 Å². The molecule has 1 aliphatic carbocycles. The molecule has 4 heteroatoms. The van der Waals surface area contributed by atoms with Crippen LogP contribution in [0, 0.1) is 5.41 Å². The average molecular weight is 320 g/mol. The molecule has 1 nitrogen and oxygen atoms in total. The van der Waals surface area contributed by atoms with Gasteiger partial charge in [0.15, 0.2) is 0 Å². The molecule has 1 aliphatic rings. The first-order valence-corrected chi connectivity index (χ1v) is 8.87. The van der Waals surface area contributed by atoms with Crippen LogP contribution < -0.4 is 5.32 Å². The fraction of sp³-hybridized carbons (Fsp3) is 0.733. The lowest BCUT2D eigenvalue weighted by molar-refractivity contribution is 0.246. The molecule has 108 valence electrons. The van der Waals surface area contributed by atoms with Crippen LogP contribution in [-0.2, 0) is 6.42 Å². The van der Waals surface area contributed by atoms with Crippen molar-refractivity contribution < 1.29 is 0 Å². The van der Waals surface area contributed by atoms with Crippen molar-refractivity contribution in [2.24, 2.45) is 5.41 Å². The minimum atomic E-state index is 0.542. The van der Waals surface area contributed by atoms with Gasteiger partial charge in [-0.05, 0) is 62.2 Å². The molecule has 1 N–H and O–H groups in total. The summed E-state index contributed by atoms with van der Waals surface area (Å²) in [5, 5.41) is 3.47. The highest BCUT2D eigenvalue weighted by Crippen LogP contribution is 2.45. The summed E-state index contributed by atoms with van der Waals surface area (Å²) in [7, 11) is 0. The van der Waals surface area contributed by atoms with Crippen molar-refractivity contribution in [1.82, 2.24) is 5.32 Å². The Labute approximate surface area is 130 Å². The first-order chi connectivity index (χ1) is 9.15. The molecule has 0 atom stereocenters. The van der Waals surface area contributed by atoms with E-state index in [1.54, 1.807) is 0 Å². The topological polar surface area (TPSA) is 12.0 Å². The molecule has 0 aromatic carbocycles. The van der Waals surface area contributed by atoms with Crippen molar-refractivity contribution in [2.45, 2.75) is 51.9 Å². The number of nitrogens with one attached hydrogen (secondary N) is 1. The molecule has 1 fully saturated rings. The Kier molecular flexibility index (Phi) is 6.01. The summed E-state index contributed by atoms with van der Waals surface area (Å²) < 4.78 is 1.69. The Bertz CT molecular complexity index is 397. The van der Waals surface area contributed by atoms with Crippen LogP contribution in [0.1, 0.15) is 51.0 Å². The molecule has 0 amide bonds. The van der Waals surface area contributed by atoms with Gasteiger partial charge in [0.05, 0.1) is 8.67 Å². The number of hydrogen-bond acceptors (Lipinski definition) is 2. The summed E-state index contributed by atoms with van der Waals surface area (Å²) in [6.45, 7) is 4.39. The van der Waals surface area contributed by atoms with E-state index >= 15 is 0 Å². The van der Waals surface area contributed by atoms with Crippen molar-refractivity contribution in [2.75, 3.05) is 13.1 Å². The Hall–Kier alpha value is 0.240. The smallest absolute Gasteiger partial charge is 0.0976 e. The fourth-order valence-corrected chi connectivity index (χ4v) is 4.77. The zero-order valence-corrected chi connectivity index (χ0v) is 13.9. The standard InChI is InChI=1S/C15H23Cl2NS/c1-2-18-10-9-15(6-3-4-7-15)8-5-12-11-13(16)19-14(12)17/h11,18H,2-10H2,1H3. The Morgan fingerprint density at radius 3 is 2.58 bits per heavy atom. The van der Waals surface area contributed by atoms with E-state index in [9.17, 15) is 0 Å². The fourth-order valence-electron chi connectivity index (χ4n) is 3.22. The van der Waals surface area contributed by atoms with Crippen LogP contribution in [0.5, 0.6) is 0 Å². The van der Waals surface area contributed by atoms with Crippen LogP contribution in [0.3, 0.4) is 0 Å². The van der Waals surface area contributed by atoms with Crippen molar-refractivity contribution in [1.29, 1.82) is 0 Å². The Morgan fingerprint density at radius 1 is 1.26 bits per heavy atom. The third-order valence-corrected chi connectivity index (χ3v) is 5.97. The van der Waals surface area contributed by atoms with E-state index in [1.807, 2.05) is 6.07 Å². The second kappa shape index (κ2) is 7.31. The zero-order chi connectivity index (χ0) is 13.7. The third kappa shape index (κ3) is 4.35. The third-order valence-electron chi connectivity index (χ3n) is 4.40. The lowest BCUT2D eigenvalue weighted by Crippen LogP contribution is -2.25. The molecule has 0 unspecified atom stereocenters. The average Bonchev–Trinajstić information content (AvgIpc) is 2.95. The maximum atomic E-state index is 6.22. The molecule has 0 bridgehead atoms. The summed E-state index contributed by atoms with van der Waals surface area (Å²) >= 11 is 13.7. The highest BCUT2D eigenvalue weighted by Gasteiger charge is 2.32. The van der Waals surface area contributed by atoms with Crippen molar-refractivity contribution in [3.8, 4) is 0 Å². The van der Waals surface area contributed by atoms with Gasteiger partial charge in [-0.15, -0.1) is 11.3 Å². The SMILES string of the molecule is CCNCCC1(CCc2cc(Cl)sc2Cl)CCCC1. The Morgan fingerprint density at radius 2 is 2.00 bits per heavy atom. The van der Waals surface area contributed by atoms with Crippen LogP contribution >= 0.6 is 34.5 Å². The molecule has 0 saturated heterocycles. The number of rotatable bonds is 7. The number of aryl methyl sites for hydroxylation is 1. The van der Waals surface area contributed by atoms with Gasteiger partial charge in [-0.1, -0.05) is 43.0 Å². The van der Waals surface area contributed by atoms with Gasteiger partial charge in [-0.2, -0.15) is 0 Å². The number of halogens is 2. The first kappa shape index (κ1) is 15.6. The van der Waals surface area contributed by atoms with Gasteiger partial charge in [0, 0.05) is 0 Å². The predicted octanol–water partition coefficient (Wildman–Crippen LogP) is 5.55. The zero-order valence-electron chi connectivity index (χ0n) is 11.6. The van der Waals surface area contributed by atoms with Gasteiger partial charge < -0.3 is 5.32 Å². The summed E-state index contributed by atoms with van der Waals surface area (Å²) in [6, 6.07) is 2.04. The number of hydrogen-bond donors (Lipinski definition) is 1. The molecule has 1 aromatic heterocycles. The largest absolute Gasteiger partial charge is 0.317 e. The molecule has 1 aromatic rings. The van der Waals surface area contributed by atoms with Crippen molar-refractivity contribution >= 4 is 34.5 Å². The van der Waals surface area contributed by atoms with Gasteiger partial charge in [-0.3, -0.25) is 0 Å². The minimum Gasteiger partial charge on any atom is -0.317 e. The van der Waals surface area contributed by atoms with Gasteiger partial charge in [0.25, 0.3) is 0 Å². The molecule has 1 heterocycles. The van der Waals surface area contributed by atoms with E-state index in [0.29, 0.717) is 5.41 Å². The van der Waals surface area contributed by atoms with Crippen LogP contribution in [0.4, 0.5) is 0 Å². The molecule has 0 radical (unpaired) electrons. The lowest BCUT2D eigenvalue weighted by atomic mass is 9.78. The van der Waals surface area contributed by atoms with Crippen LogP contribution in [0.15, 0.2) is 6.07 Å². The normalized spacial score (nSPS) is 18.1. The van der Waals surface area contributed by atoms with E-state index < -0.39 is 0 Å². The van der Waals surface area contributed by atoms with Gasteiger partial charge in [0.2, 0.25) is 0 Å². The van der Waals surface area contributed by atoms with Crippen LogP contribution in [0.25, 0.3) is 0 Å². The second-order valence-corrected chi connectivity index (χ2v) is 7.95. The van der Waals surface area contributed by atoms with Crippen molar-refractivity contribution in [3.05, 3.63) is 20.3 Å². The quantitative estimate of drug-likeness (QED) is 0.650. The molecule has 2 rings (SSSR count). The van der Waals surface area contributed by atoms with Gasteiger partial charge in [0.1, 0.15) is 0 Å². The second-order valence-electron chi connectivity index (χ2n) is 5.66. The Balaban J connectivity index is 1.91. The van der Waals surface area contributed by atoms with E-state index in [0.717, 1.165) is 28.2 Å².